The maximum absolute atomic E-state index is 12.7. The zero-order valence-electron chi connectivity index (χ0n) is 17.7. The van der Waals surface area contributed by atoms with Crippen LogP contribution in [0.5, 0.6) is 0 Å². The van der Waals surface area contributed by atoms with Crippen LogP contribution in [-0.4, -0.2) is 47.7 Å². The summed E-state index contributed by atoms with van der Waals surface area (Å²) >= 11 is 0. The van der Waals surface area contributed by atoms with Crippen molar-refractivity contribution >= 4 is 23.9 Å². The molecule has 9 heteroatoms. The molecule has 0 saturated carbocycles. The summed E-state index contributed by atoms with van der Waals surface area (Å²) in [6, 6.07) is 15.3. The number of carboxylic acids is 1. The monoisotopic (exact) mass is 442 g/mol. The number of alkyl carbamates (subject to hydrolysis) is 1. The fourth-order valence-electron chi connectivity index (χ4n) is 2.85. The summed E-state index contributed by atoms with van der Waals surface area (Å²) in [6.07, 6.45) is -1.50. The molecule has 0 radical (unpaired) electrons. The number of carbonyl (C=O) groups excluding carboxylic acids is 3. The van der Waals surface area contributed by atoms with Gasteiger partial charge in [-0.1, -0.05) is 60.7 Å². The first-order valence-corrected chi connectivity index (χ1v) is 10.1. The second-order valence-corrected chi connectivity index (χ2v) is 6.86. The number of nitrogens with one attached hydrogen (secondary N) is 2. The highest BCUT2D eigenvalue weighted by Gasteiger charge is 2.29. The largest absolute Gasteiger partial charge is 0.481 e. The molecule has 3 N–H and O–H groups in total. The third kappa shape index (κ3) is 8.47. The maximum atomic E-state index is 12.7. The van der Waals surface area contributed by atoms with Crippen LogP contribution in [0.2, 0.25) is 0 Å². The van der Waals surface area contributed by atoms with Crippen LogP contribution < -0.4 is 10.6 Å². The predicted molar refractivity (Wildman–Crippen MR) is 115 cm³/mol. The number of amides is 2. The van der Waals surface area contributed by atoms with Crippen molar-refractivity contribution in [2.75, 3.05) is 6.61 Å². The Morgan fingerprint density at radius 3 is 2.00 bits per heavy atom. The third-order valence-corrected chi connectivity index (χ3v) is 4.37. The number of benzene rings is 2. The number of esters is 1. The molecule has 2 atom stereocenters. The van der Waals surface area contributed by atoms with E-state index in [1.807, 2.05) is 12.1 Å². The van der Waals surface area contributed by atoms with E-state index in [4.69, 9.17) is 14.6 Å². The molecule has 2 amide bonds. The highest BCUT2D eigenvalue weighted by atomic mass is 16.5. The third-order valence-electron chi connectivity index (χ3n) is 4.37. The van der Waals surface area contributed by atoms with Crippen molar-refractivity contribution in [3.8, 4) is 0 Å². The van der Waals surface area contributed by atoms with Gasteiger partial charge in [0, 0.05) is 6.42 Å². The smallest absolute Gasteiger partial charge is 0.408 e. The summed E-state index contributed by atoms with van der Waals surface area (Å²) in [5.74, 6) is -2.80. The first-order valence-electron chi connectivity index (χ1n) is 10.1. The van der Waals surface area contributed by atoms with Crippen molar-refractivity contribution in [3.63, 3.8) is 0 Å². The molecule has 0 aliphatic rings. The number of hydrogen-bond donors (Lipinski definition) is 3. The predicted octanol–water partition coefficient (Wildman–Crippen LogP) is 2.05. The minimum Gasteiger partial charge on any atom is -0.481 e. The quantitative estimate of drug-likeness (QED) is 0.454. The highest BCUT2D eigenvalue weighted by molar-refractivity contribution is 5.92. The average Bonchev–Trinajstić information content (AvgIpc) is 2.78. The van der Waals surface area contributed by atoms with Crippen molar-refractivity contribution in [2.45, 2.75) is 38.5 Å². The highest BCUT2D eigenvalue weighted by Crippen LogP contribution is 2.07. The standard InChI is InChI=1S/C23H26N2O7/c1-2-31-22(29)19(13-16-9-5-3-6-10-16)24-21(28)18(14-20(26)27)25-23(30)32-15-17-11-7-4-8-12-17/h3-12,18-19H,2,13-15H2,1H3,(H,24,28)(H,25,30)(H,26,27)/t18-,19-/m0/s1. The molecule has 0 heterocycles. The summed E-state index contributed by atoms with van der Waals surface area (Å²) in [5, 5.41) is 13.9. The van der Waals surface area contributed by atoms with Crippen LogP contribution in [0.15, 0.2) is 60.7 Å². The van der Waals surface area contributed by atoms with Crippen molar-refractivity contribution in [2.24, 2.45) is 0 Å². The topological polar surface area (TPSA) is 131 Å². The van der Waals surface area contributed by atoms with Crippen molar-refractivity contribution < 1.29 is 33.8 Å². The van der Waals surface area contributed by atoms with E-state index in [-0.39, 0.29) is 19.6 Å². The second kappa shape index (κ2) is 12.7. The number of aliphatic carboxylic acids is 1. The fourth-order valence-corrected chi connectivity index (χ4v) is 2.85. The Morgan fingerprint density at radius 2 is 1.44 bits per heavy atom. The number of hydrogen-bond acceptors (Lipinski definition) is 6. The minimum absolute atomic E-state index is 0.0481. The first-order chi connectivity index (χ1) is 15.4. The summed E-state index contributed by atoms with van der Waals surface area (Å²) < 4.78 is 10.1. The molecule has 170 valence electrons. The van der Waals surface area contributed by atoms with Crippen molar-refractivity contribution in [3.05, 3.63) is 71.8 Å². The van der Waals surface area contributed by atoms with Crippen LogP contribution in [0.1, 0.15) is 24.5 Å². The maximum Gasteiger partial charge on any atom is 0.408 e. The second-order valence-electron chi connectivity index (χ2n) is 6.86. The van der Waals surface area contributed by atoms with E-state index < -0.39 is 42.4 Å². The van der Waals surface area contributed by atoms with E-state index in [1.54, 1.807) is 55.5 Å². The van der Waals surface area contributed by atoms with Crippen LogP contribution >= 0.6 is 0 Å². The molecule has 32 heavy (non-hydrogen) atoms. The molecule has 0 aromatic heterocycles. The van der Waals surface area contributed by atoms with E-state index >= 15 is 0 Å². The average molecular weight is 442 g/mol. The van der Waals surface area contributed by atoms with Gasteiger partial charge in [-0.2, -0.15) is 0 Å². The van der Waals surface area contributed by atoms with Crippen LogP contribution in [0.25, 0.3) is 0 Å². The van der Waals surface area contributed by atoms with Crippen molar-refractivity contribution in [1.82, 2.24) is 10.6 Å². The van der Waals surface area contributed by atoms with E-state index in [1.165, 1.54) is 0 Å². The zero-order valence-corrected chi connectivity index (χ0v) is 17.7. The SMILES string of the molecule is CCOC(=O)[C@H](Cc1ccccc1)NC(=O)[C@H](CC(=O)O)NC(=O)OCc1ccccc1. The lowest BCUT2D eigenvalue weighted by Crippen LogP contribution is -2.53. The van der Waals surface area contributed by atoms with Crippen molar-refractivity contribution in [1.29, 1.82) is 0 Å². The fraction of sp³-hybridized carbons (Fsp3) is 0.304. The van der Waals surface area contributed by atoms with Crippen LogP contribution in [0.3, 0.4) is 0 Å². The first kappa shape index (κ1) is 24.4. The number of rotatable bonds is 11. The van der Waals surface area contributed by atoms with Gasteiger partial charge in [0.25, 0.3) is 0 Å². The van der Waals surface area contributed by atoms with Gasteiger partial charge in [-0.05, 0) is 18.1 Å². The van der Waals surface area contributed by atoms with Crippen LogP contribution in [-0.2, 0) is 36.9 Å². The van der Waals surface area contributed by atoms with Gasteiger partial charge >= 0.3 is 18.0 Å². The minimum atomic E-state index is -1.44. The Kier molecular flexibility index (Phi) is 9.70. The molecule has 2 rings (SSSR count). The Labute approximate surface area is 185 Å². The molecule has 0 spiro atoms. The number of ether oxygens (including phenoxy) is 2. The lowest BCUT2D eigenvalue weighted by molar-refractivity contribution is -0.147. The van der Waals surface area contributed by atoms with Gasteiger partial charge in [-0.3, -0.25) is 9.59 Å². The normalized spacial score (nSPS) is 12.2. The lowest BCUT2D eigenvalue weighted by Gasteiger charge is -2.21. The molecule has 0 saturated heterocycles. The van der Waals surface area contributed by atoms with E-state index in [2.05, 4.69) is 10.6 Å². The van der Waals surface area contributed by atoms with Gasteiger partial charge in [-0.15, -0.1) is 0 Å². The van der Waals surface area contributed by atoms with Gasteiger partial charge in [-0.25, -0.2) is 9.59 Å². The lowest BCUT2D eigenvalue weighted by atomic mass is 10.1. The molecule has 0 aliphatic carbocycles. The van der Waals surface area contributed by atoms with Gasteiger partial charge in [0.1, 0.15) is 18.7 Å². The Balaban J connectivity index is 2.04. The summed E-state index contributed by atoms with van der Waals surface area (Å²) in [6.45, 7) is 1.70. The molecule has 0 unspecified atom stereocenters. The summed E-state index contributed by atoms with van der Waals surface area (Å²) in [7, 11) is 0. The van der Waals surface area contributed by atoms with E-state index in [0.29, 0.717) is 0 Å². The Morgan fingerprint density at radius 1 is 0.844 bits per heavy atom. The van der Waals surface area contributed by atoms with Crippen LogP contribution in [0.4, 0.5) is 4.79 Å². The van der Waals surface area contributed by atoms with Gasteiger partial charge in [0.2, 0.25) is 5.91 Å². The summed E-state index contributed by atoms with van der Waals surface area (Å²) in [4.78, 5) is 48.4. The van der Waals surface area contributed by atoms with Gasteiger partial charge in [0.15, 0.2) is 0 Å². The number of carboxylic acid groups (broad SMARTS) is 1. The Bertz CT molecular complexity index is 903. The zero-order chi connectivity index (χ0) is 23.3. The molecule has 0 aliphatic heterocycles. The molecule has 0 fully saturated rings. The van der Waals surface area contributed by atoms with Crippen LogP contribution in [0, 0.1) is 0 Å². The Hall–Kier alpha value is -3.88. The van der Waals surface area contributed by atoms with E-state index in [9.17, 15) is 19.2 Å². The molecule has 2 aromatic rings. The molecular formula is C23H26N2O7. The summed E-state index contributed by atoms with van der Waals surface area (Å²) in [5.41, 5.74) is 1.50. The molecule has 2 aromatic carbocycles. The van der Waals surface area contributed by atoms with Gasteiger partial charge in [0.05, 0.1) is 13.0 Å². The molecule has 9 nitrogen and oxygen atoms in total. The molecular weight excluding hydrogens is 416 g/mol. The number of carbonyl (C=O) groups is 4. The van der Waals surface area contributed by atoms with E-state index in [0.717, 1.165) is 11.1 Å². The molecule has 0 bridgehead atoms. The van der Waals surface area contributed by atoms with Gasteiger partial charge < -0.3 is 25.2 Å².